The molecule has 1 atom stereocenters. The smallest absolute Gasteiger partial charge is 0.462 e. The summed E-state index contributed by atoms with van der Waals surface area (Å²) in [6.07, 6.45) is 39.7. The first kappa shape index (κ1) is 49.0. The molecule has 2 N–H and O–H groups in total. The highest BCUT2D eigenvalue weighted by molar-refractivity contribution is 7.46. The highest BCUT2D eigenvalue weighted by Crippen LogP contribution is 2.36. The van der Waals surface area contributed by atoms with E-state index in [-0.39, 0.29) is 19.4 Å². The summed E-state index contributed by atoms with van der Waals surface area (Å²) in [4.78, 5) is 42.8. The maximum Gasteiger partial charge on any atom is 0.469 e. The number of ether oxygens (including phenoxy) is 2. The number of phosphoric acid groups is 1. The van der Waals surface area contributed by atoms with E-state index in [1.807, 2.05) is 0 Å². The third-order valence-electron chi connectivity index (χ3n) is 9.63. The van der Waals surface area contributed by atoms with E-state index in [1.54, 1.807) is 0 Å². The highest BCUT2D eigenvalue weighted by Gasteiger charge is 2.22. The number of unbranched alkanes of at least 4 members (excludes halogenated alkanes) is 30. The van der Waals surface area contributed by atoms with Crippen LogP contribution in [0.15, 0.2) is 0 Å². The molecular formula is C41H81O8P. The van der Waals surface area contributed by atoms with Crippen molar-refractivity contribution in [3.63, 3.8) is 0 Å². The van der Waals surface area contributed by atoms with Gasteiger partial charge in [0.25, 0.3) is 0 Å². The molecule has 0 radical (unpaired) electrons. The minimum absolute atomic E-state index is 0.220. The Balaban J connectivity index is 3.82. The molecule has 0 saturated carbocycles. The van der Waals surface area contributed by atoms with Crippen molar-refractivity contribution in [2.75, 3.05) is 13.2 Å². The quantitative estimate of drug-likeness (QED) is 0.0363. The molecule has 50 heavy (non-hydrogen) atoms. The summed E-state index contributed by atoms with van der Waals surface area (Å²) in [5.41, 5.74) is 0. The Kier molecular flexibility index (Phi) is 37.1. The van der Waals surface area contributed by atoms with Gasteiger partial charge in [0, 0.05) is 12.8 Å². The van der Waals surface area contributed by atoms with Gasteiger partial charge in [0.05, 0.1) is 6.61 Å². The van der Waals surface area contributed by atoms with Gasteiger partial charge in [-0.3, -0.25) is 14.1 Å². The predicted molar refractivity (Wildman–Crippen MR) is 207 cm³/mol. The van der Waals surface area contributed by atoms with Gasteiger partial charge in [0.15, 0.2) is 6.10 Å². The first-order valence-corrected chi connectivity index (χ1v) is 22.9. The Morgan fingerprint density at radius 2 is 0.720 bits per heavy atom. The van der Waals surface area contributed by atoms with E-state index in [0.29, 0.717) is 6.42 Å². The van der Waals surface area contributed by atoms with Crippen LogP contribution in [-0.4, -0.2) is 41.0 Å². The van der Waals surface area contributed by atoms with Crippen molar-refractivity contribution in [3.8, 4) is 0 Å². The van der Waals surface area contributed by atoms with E-state index in [0.717, 1.165) is 32.1 Å². The molecular weight excluding hydrogens is 651 g/mol. The van der Waals surface area contributed by atoms with E-state index in [1.165, 1.54) is 167 Å². The lowest BCUT2D eigenvalue weighted by molar-refractivity contribution is -0.161. The Morgan fingerprint density at radius 1 is 0.440 bits per heavy atom. The molecule has 8 nitrogen and oxygen atoms in total. The van der Waals surface area contributed by atoms with Crippen molar-refractivity contribution in [2.24, 2.45) is 0 Å². The number of esters is 2. The normalized spacial score (nSPS) is 12.3. The molecule has 0 heterocycles. The van der Waals surface area contributed by atoms with Crippen molar-refractivity contribution in [2.45, 2.75) is 238 Å². The molecule has 0 aromatic rings. The average Bonchev–Trinajstić information content (AvgIpc) is 3.08. The fourth-order valence-electron chi connectivity index (χ4n) is 6.43. The first-order chi connectivity index (χ1) is 24.3. The molecule has 0 aliphatic heterocycles. The number of hydrogen-bond acceptors (Lipinski definition) is 6. The SMILES string of the molecule is CCCCCCCCCCCCCCCCCCCCCCC(=O)O[C@H](COC(=O)CCCCCCCCCCCCCC)COP(=O)(O)O. The second-order valence-corrected chi connectivity index (χ2v) is 15.9. The largest absolute Gasteiger partial charge is 0.469 e. The predicted octanol–water partition coefficient (Wildman–Crippen LogP) is 12.9. The van der Waals surface area contributed by atoms with Gasteiger partial charge in [-0.05, 0) is 12.8 Å². The van der Waals surface area contributed by atoms with Crippen molar-refractivity contribution in [3.05, 3.63) is 0 Å². The second-order valence-electron chi connectivity index (χ2n) is 14.7. The standard InChI is InChI=1S/C41H81O8P/c1-3-5-7-9-11-13-15-17-18-19-20-21-22-23-24-26-28-30-32-34-36-41(43)49-39(38-48-50(44,45)46)37-47-40(42)35-33-31-29-27-25-16-14-12-10-8-6-4-2/h39H,3-38H2,1-2H3,(H2,44,45,46)/t39-/m1/s1. The van der Waals surface area contributed by atoms with Crippen molar-refractivity contribution in [1.82, 2.24) is 0 Å². The van der Waals surface area contributed by atoms with Crippen molar-refractivity contribution in [1.29, 1.82) is 0 Å². The molecule has 0 fully saturated rings. The van der Waals surface area contributed by atoms with Crippen LogP contribution in [0, 0.1) is 0 Å². The molecule has 0 bridgehead atoms. The first-order valence-electron chi connectivity index (χ1n) is 21.3. The van der Waals surface area contributed by atoms with Gasteiger partial charge in [0.2, 0.25) is 0 Å². The number of rotatable bonds is 40. The van der Waals surface area contributed by atoms with Gasteiger partial charge in [-0.1, -0.05) is 206 Å². The molecule has 0 aliphatic rings. The third-order valence-corrected chi connectivity index (χ3v) is 10.1. The summed E-state index contributed by atoms with van der Waals surface area (Å²) in [5.74, 6) is -0.868. The maximum absolute atomic E-state index is 12.4. The fraction of sp³-hybridized carbons (Fsp3) is 0.951. The zero-order valence-electron chi connectivity index (χ0n) is 32.8. The van der Waals surface area contributed by atoms with Gasteiger partial charge in [-0.15, -0.1) is 0 Å². The van der Waals surface area contributed by atoms with E-state index in [9.17, 15) is 14.2 Å². The monoisotopic (exact) mass is 733 g/mol. The number of carbonyl (C=O) groups is 2. The van der Waals surface area contributed by atoms with Crippen LogP contribution in [0.2, 0.25) is 0 Å². The zero-order chi connectivity index (χ0) is 36.8. The topological polar surface area (TPSA) is 119 Å². The van der Waals surface area contributed by atoms with E-state index >= 15 is 0 Å². The highest BCUT2D eigenvalue weighted by atomic mass is 31.2. The molecule has 0 unspecified atom stereocenters. The lowest BCUT2D eigenvalue weighted by Gasteiger charge is -2.18. The fourth-order valence-corrected chi connectivity index (χ4v) is 6.79. The van der Waals surface area contributed by atoms with Crippen LogP contribution >= 0.6 is 7.82 Å². The number of hydrogen-bond donors (Lipinski definition) is 2. The van der Waals surface area contributed by atoms with Crippen LogP contribution in [0.1, 0.15) is 232 Å². The lowest BCUT2D eigenvalue weighted by Crippen LogP contribution is -2.29. The molecule has 0 rings (SSSR count). The second kappa shape index (κ2) is 37.8. The van der Waals surface area contributed by atoms with Gasteiger partial charge < -0.3 is 19.3 Å². The Bertz CT molecular complexity index is 787. The minimum Gasteiger partial charge on any atom is -0.462 e. The summed E-state index contributed by atoms with van der Waals surface area (Å²) in [5, 5.41) is 0. The van der Waals surface area contributed by atoms with E-state index in [2.05, 4.69) is 18.4 Å². The van der Waals surface area contributed by atoms with Crippen LogP contribution in [0.4, 0.5) is 0 Å². The van der Waals surface area contributed by atoms with Crippen molar-refractivity contribution >= 4 is 19.8 Å². The van der Waals surface area contributed by atoms with Crippen molar-refractivity contribution < 1.29 is 37.9 Å². The van der Waals surface area contributed by atoms with Gasteiger partial charge in [0.1, 0.15) is 6.61 Å². The Morgan fingerprint density at radius 3 is 1.02 bits per heavy atom. The minimum atomic E-state index is -4.74. The van der Waals surface area contributed by atoms with E-state index < -0.39 is 32.5 Å². The van der Waals surface area contributed by atoms with E-state index in [4.69, 9.17) is 19.3 Å². The zero-order valence-corrected chi connectivity index (χ0v) is 33.7. The Labute approximate surface area is 308 Å². The maximum atomic E-state index is 12.4. The molecule has 9 heteroatoms. The van der Waals surface area contributed by atoms with Gasteiger partial charge >= 0.3 is 19.8 Å². The molecule has 0 spiro atoms. The summed E-state index contributed by atoms with van der Waals surface area (Å²) >= 11 is 0. The average molecular weight is 733 g/mol. The van der Waals surface area contributed by atoms with Gasteiger partial charge in [-0.2, -0.15) is 0 Å². The van der Waals surface area contributed by atoms with Crippen LogP contribution in [0.25, 0.3) is 0 Å². The summed E-state index contributed by atoms with van der Waals surface area (Å²) < 4.78 is 26.4. The Hall–Kier alpha value is -0.950. The summed E-state index contributed by atoms with van der Waals surface area (Å²) in [6.45, 7) is 3.71. The molecule has 0 aliphatic carbocycles. The number of carbonyl (C=O) groups excluding carboxylic acids is 2. The lowest BCUT2D eigenvalue weighted by atomic mass is 10.0. The summed E-state index contributed by atoms with van der Waals surface area (Å²) in [6, 6.07) is 0. The van der Waals surface area contributed by atoms with Crippen LogP contribution in [0.5, 0.6) is 0 Å². The molecule has 298 valence electrons. The molecule has 0 saturated heterocycles. The molecule has 0 aromatic heterocycles. The summed E-state index contributed by atoms with van der Waals surface area (Å²) in [7, 11) is -4.74. The van der Waals surface area contributed by atoms with Crippen LogP contribution < -0.4 is 0 Å². The van der Waals surface area contributed by atoms with Gasteiger partial charge in [-0.25, -0.2) is 4.57 Å². The third kappa shape index (κ3) is 39.8. The molecule has 0 aromatic carbocycles. The van der Waals surface area contributed by atoms with Crippen LogP contribution in [-0.2, 0) is 28.2 Å². The number of phosphoric ester groups is 1. The van der Waals surface area contributed by atoms with Crippen LogP contribution in [0.3, 0.4) is 0 Å². The molecule has 0 amide bonds.